The van der Waals surface area contributed by atoms with Crippen LogP contribution in [0.25, 0.3) is 11.1 Å². The fraction of sp³-hybridized carbons (Fsp3) is 0.0769. The SMILES string of the molecule is FC(F)c1c[c]ccc1-c1ccccc1. The quantitative estimate of drug-likeness (QED) is 0.689. The molecule has 75 valence electrons. The summed E-state index contributed by atoms with van der Waals surface area (Å²) in [6.45, 7) is 0. The first-order valence-electron chi connectivity index (χ1n) is 4.62. The fourth-order valence-corrected chi connectivity index (χ4v) is 1.50. The van der Waals surface area contributed by atoms with Crippen molar-refractivity contribution in [3.63, 3.8) is 0 Å². The molecule has 0 nitrogen and oxygen atoms in total. The highest BCUT2D eigenvalue weighted by molar-refractivity contribution is 5.67. The molecule has 2 aromatic carbocycles. The molecule has 0 unspecified atom stereocenters. The van der Waals surface area contributed by atoms with Gasteiger partial charge in [0.15, 0.2) is 0 Å². The monoisotopic (exact) mass is 203 g/mol. The molecule has 0 aliphatic heterocycles. The van der Waals surface area contributed by atoms with Crippen molar-refractivity contribution in [3.8, 4) is 11.1 Å². The topological polar surface area (TPSA) is 0 Å². The largest absolute Gasteiger partial charge is 0.264 e. The van der Waals surface area contributed by atoms with E-state index in [2.05, 4.69) is 6.07 Å². The zero-order valence-electron chi connectivity index (χ0n) is 7.95. The zero-order chi connectivity index (χ0) is 10.7. The van der Waals surface area contributed by atoms with Crippen LogP contribution in [0.1, 0.15) is 12.0 Å². The molecule has 0 N–H and O–H groups in total. The lowest BCUT2D eigenvalue weighted by atomic mass is 10.0. The van der Waals surface area contributed by atoms with Crippen LogP contribution in [0.3, 0.4) is 0 Å². The van der Waals surface area contributed by atoms with Gasteiger partial charge in [0.1, 0.15) is 0 Å². The van der Waals surface area contributed by atoms with Gasteiger partial charge >= 0.3 is 0 Å². The Balaban J connectivity index is 2.53. The van der Waals surface area contributed by atoms with E-state index in [1.54, 1.807) is 12.1 Å². The Hall–Kier alpha value is -1.70. The normalized spacial score (nSPS) is 10.6. The Morgan fingerprint density at radius 2 is 1.73 bits per heavy atom. The van der Waals surface area contributed by atoms with E-state index in [0.29, 0.717) is 5.56 Å². The Bertz CT molecular complexity index is 435. The molecular weight excluding hydrogens is 194 g/mol. The first kappa shape index (κ1) is 9.84. The molecule has 0 saturated heterocycles. The molecule has 1 radical (unpaired) electrons. The first-order valence-corrected chi connectivity index (χ1v) is 4.62. The molecule has 2 aromatic rings. The van der Waals surface area contributed by atoms with E-state index in [9.17, 15) is 8.78 Å². The van der Waals surface area contributed by atoms with E-state index in [-0.39, 0.29) is 5.56 Å². The lowest BCUT2D eigenvalue weighted by Crippen LogP contribution is -1.89. The molecule has 0 heterocycles. The Morgan fingerprint density at radius 1 is 1.00 bits per heavy atom. The van der Waals surface area contributed by atoms with Gasteiger partial charge in [-0.25, -0.2) is 8.78 Å². The summed E-state index contributed by atoms with van der Waals surface area (Å²) in [5, 5.41) is 0. The molecule has 15 heavy (non-hydrogen) atoms. The minimum Gasteiger partial charge on any atom is -0.205 e. The fourth-order valence-electron chi connectivity index (χ4n) is 1.50. The van der Waals surface area contributed by atoms with E-state index < -0.39 is 6.43 Å². The van der Waals surface area contributed by atoms with Gasteiger partial charge in [0, 0.05) is 5.56 Å². The summed E-state index contributed by atoms with van der Waals surface area (Å²) >= 11 is 0. The van der Waals surface area contributed by atoms with Gasteiger partial charge in [-0.1, -0.05) is 42.5 Å². The Kier molecular flexibility index (Phi) is 2.77. The van der Waals surface area contributed by atoms with Crippen molar-refractivity contribution in [2.24, 2.45) is 0 Å². The van der Waals surface area contributed by atoms with Crippen LogP contribution in [0.2, 0.25) is 0 Å². The van der Waals surface area contributed by atoms with Crippen LogP contribution in [0.5, 0.6) is 0 Å². The maximum Gasteiger partial charge on any atom is 0.264 e. The van der Waals surface area contributed by atoms with Crippen molar-refractivity contribution in [2.75, 3.05) is 0 Å². The number of rotatable bonds is 2. The second kappa shape index (κ2) is 4.22. The number of hydrogen-bond donors (Lipinski definition) is 0. The molecule has 0 aliphatic rings. The lowest BCUT2D eigenvalue weighted by molar-refractivity contribution is 0.152. The molecular formula is C13H9F2. The third-order valence-electron chi connectivity index (χ3n) is 2.22. The minimum absolute atomic E-state index is 0.0312. The third kappa shape index (κ3) is 2.04. The lowest BCUT2D eigenvalue weighted by Gasteiger charge is -2.07. The molecule has 0 atom stereocenters. The van der Waals surface area contributed by atoms with E-state index in [4.69, 9.17) is 0 Å². The van der Waals surface area contributed by atoms with E-state index in [0.717, 1.165) is 5.56 Å². The van der Waals surface area contributed by atoms with Crippen LogP contribution < -0.4 is 0 Å². The van der Waals surface area contributed by atoms with Crippen LogP contribution in [-0.4, -0.2) is 0 Å². The van der Waals surface area contributed by atoms with E-state index >= 15 is 0 Å². The van der Waals surface area contributed by atoms with Gasteiger partial charge in [0.25, 0.3) is 6.43 Å². The molecule has 0 spiro atoms. The van der Waals surface area contributed by atoms with Crippen molar-refractivity contribution < 1.29 is 8.78 Å². The van der Waals surface area contributed by atoms with Crippen molar-refractivity contribution >= 4 is 0 Å². The summed E-state index contributed by atoms with van der Waals surface area (Å²) in [4.78, 5) is 0. The predicted octanol–water partition coefficient (Wildman–Crippen LogP) is 4.09. The smallest absolute Gasteiger partial charge is 0.205 e. The average Bonchev–Trinajstić information content (AvgIpc) is 2.30. The first-order chi connectivity index (χ1) is 7.29. The van der Waals surface area contributed by atoms with Gasteiger partial charge in [-0.3, -0.25) is 0 Å². The third-order valence-corrected chi connectivity index (χ3v) is 2.22. The predicted molar refractivity (Wildman–Crippen MR) is 55.7 cm³/mol. The van der Waals surface area contributed by atoms with Gasteiger partial charge in [-0.05, 0) is 23.3 Å². The summed E-state index contributed by atoms with van der Waals surface area (Å²) in [6.07, 6.45) is -2.46. The summed E-state index contributed by atoms with van der Waals surface area (Å²) in [6, 6.07) is 16.5. The Morgan fingerprint density at radius 3 is 2.40 bits per heavy atom. The van der Waals surface area contributed by atoms with Crippen molar-refractivity contribution in [3.05, 3.63) is 60.2 Å². The summed E-state index contributed by atoms with van der Waals surface area (Å²) in [5.74, 6) is 0. The minimum atomic E-state index is -2.46. The number of halogens is 2. The van der Waals surface area contributed by atoms with Crippen LogP contribution in [-0.2, 0) is 0 Å². The van der Waals surface area contributed by atoms with Crippen molar-refractivity contribution in [1.82, 2.24) is 0 Å². The highest BCUT2D eigenvalue weighted by Gasteiger charge is 2.12. The van der Waals surface area contributed by atoms with E-state index in [1.807, 2.05) is 30.3 Å². The molecule has 0 bridgehead atoms. The number of hydrogen-bond acceptors (Lipinski definition) is 0. The van der Waals surface area contributed by atoms with Gasteiger partial charge < -0.3 is 0 Å². The summed E-state index contributed by atoms with van der Waals surface area (Å²) in [5.41, 5.74) is 1.41. The van der Waals surface area contributed by atoms with Crippen molar-refractivity contribution in [1.29, 1.82) is 0 Å². The second-order valence-corrected chi connectivity index (χ2v) is 3.18. The molecule has 0 aliphatic carbocycles. The molecule has 2 rings (SSSR count). The molecule has 2 heteroatoms. The van der Waals surface area contributed by atoms with Gasteiger partial charge in [0.05, 0.1) is 0 Å². The number of alkyl halides is 2. The zero-order valence-corrected chi connectivity index (χ0v) is 7.95. The summed E-state index contributed by atoms with van der Waals surface area (Å²) in [7, 11) is 0. The van der Waals surface area contributed by atoms with Crippen LogP contribution in [0.4, 0.5) is 8.78 Å². The molecule has 0 fully saturated rings. The summed E-state index contributed by atoms with van der Waals surface area (Å²) < 4.78 is 25.4. The maximum absolute atomic E-state index is 12.7. The van der Waals surface area contributed by atoms with Crippen molar-refractivity contribution in [2.45, 2.75) is 6.43 Å². The standard InChI is InChI=1S/C13H9F2/c14-13(15)12-9-5-4-8-11(12)10-6-2-1-3-7-10/h1-4,6-9,13H. The highest BCUT2D eigenvalue weighted by Crippen LogP contribution is 2.30. The maximum atomic E-state index is 12.7. The van der Waals surface area contributed by atoms with E-state index in [1.165, 1.54) is 6.07 Å². The van der Waals surface area contributed by atoms with Crippen LogP contribution in [0, 0.1) is 6.07 Å². The molecule has 0 amide bonds. The molecule has 0 saturated carbocycles. The van der Waals surface area contributed by atoms with Gasteiger partial charge in [-0.15, -0.1) is 0 Å². The molecule has 0 aromatic heterocycles. The number of benzene rings is 2. The average molecular weight is 203 g/mol. The van der Waals surface area contributed by atoms with Gasteiger partial charge in [-0.2, -0.15) is 0 Å². The second-order valence-electron chi connectivity index (χ2n) is 3.18. The van der Waals surface area contributed by atoms with Gasteiger partial charge in [0.2, 0.25) is 0 Å². The van der Waals surface area contributed by atoms with Crippen LogP contribution in [0.15, 0.2) is 48.5 Å². The Labute approximate surface area is 87.2 Å². The van der Waals surface area contributed by atoms with Crippen LogP contribution >= 0.6 is 0 Å². The highest BCUT2D eigenvalue weighted by atomic mass is 19.3.